The van der Waals surface area contributed by atoms with Gasteiger partial charge in [0.1, 0.15) is 5.75 Å². The van der Waals surface area contributed by atoms with Gasteiger partial charge in [0, 0.05) is 12.6 Å². The summed E-state index contributed by atoms with van der Waals surface area (Å²) >= 11 is 0. The predicted octanol–water partition coefficient (Wildman–Crippen LogP) is 3.36. The summed E-state index contributed by atoms with van der Waals surface area (Å²) < 4.78 is 0. The maximum Gasteiger partial charge on any atom is 0.115 e. The van der Waals surface area contributed by atoms with Crippen LogP contribution in [0.15, 0.2) is 18.2 Å². The minimum atomic E-state index is 0.397. The molecule has 0 saturated heterocycles. The molecular weight excluding hydrogens is 210 g/mol. The number of nitrogens with zero attached hydrogens (tertiary/aromatic N) is 1. The molecule has 2 heteroatoms. The molecule has 1 N–H and O–H groups in total. The first-order chi connectivity index (χ1) is 8.11. The fourth-order valence-electron chi connectivity index (χ4n) is 2.79. The van der Waals surface area contributed by atoms with Crippen molar-refractivity contribution in [2.45, 2.75) is 39.2 Å². The molecule has 0 aromatic heterocycles. The second-order valence-corrected chi connectivity index (χ2v) is 5.39. The van der Waals surface area contributed by atoms with Crippen molar-refractivity contribution in [2.24, 2.45) is 5.92 Å². The molecule has 0 amide bonds. The normalized spacial score (nSPS) is 20.6. The Bertz CT molecular complexity index is 389. The van der Waals surface area contributed by atoms with Crippen LogP contribution in [-0.2, 0) is 6.42 Å². The Labute approximate surface area is 104 Å². The summed E-state index contributed by atoms with van der Waals surface area (Å²) in [6.45, 7) is 5.71. The van der Waals surface area contributed by atoms with E-state index in [2.05, 4.69) is 31.9 Å². The van der Waals surface area contributed by atoms with Gasteiger partial charge in [-0.25, -0.2) is 0 Å². The van der Waals surface area contributed by atoms with Crippen molar-refractivity contribution in [1.29, 1.82) is 0 Å². The first-order valence-electron chi connectivity index (χ1n) is 6.63. The zero-order valence-electron chi connectivity index (χ0n) is 11.1. The molecule has 94 valence electrons. The molecule has 17 heavy (non-hydrogen) atoms. The summed E-state index contributed by atoms with van der Waals surface area (Å²) in [5.41, 5.74) is 2.74. The van der Waals surface area contributed by atoms with Crippen LogP contribution in [-0.4, -0.2) is 23.6 Å². The summed E-state index contributed by atoms with van der Waals surface area (Å²) in [6.07, 6.45) is 3.52. The Balaban J connectivity index is 2.11. The van der Waals surface area contributed by atoms with Crippen molar-refractivity contribution in [3.05, 3.63) is 29.3 Å². The van der Waals surface area contributed by atoms with Gasteiger partial charge in [0.15, 0.2) is 0 Å². The number of hydrogen-bond acceptors (Lipinski definition) is 2. The van der Waals surface area contributed by atoms with Gasteiger partial charge in [0.25, 0.3) is 0 Å². The van der Waals surface area contributed by atoms with Crippen LogP contribution < -0.4 is 0 Å². The lowest BCUT2D eigenvalue weighted by atomic mass is 10.0. The van der Waals surface area contributed by atoms with Crippen LogP contribution in [0.25, 0.3) is 0 Å². The van der Waals surface area contributed by atoms with Crippen molar-refractivity contribution < 1.29 is 5.11 Å². The molecule has 1 aromatic carbocycles. The maximum atomic E-state index is 9.49. The first-order valence-corrected chi connectivity index (χ1v) is 6.63. The van der Waals surface area contributed by atoms with E-state index >= 15 is 0 Å². The minimum Gasteiger partial charge on any atom is -0.508 e. The lowest BCUT2D eigenvalue weighted by Crippen LogP contribution is -2.27. The molecule has 0 bridgehead atoms. The molecular formula is C15H23NO. The van der Waals surface area contributed by atoms with Gasteiger partial charge in [-0.15, -0.1) is 0 Å². The Morgan fingerprint density at radius 3 is 2.94 bits per heavy atom. The quantitative estimate of drug-likeness (QED) is 0.862. The second-order valence-electron chi connectivity index (χ2n) is 5.39. The number of hydrogen-bond donors (Lipinski definition) is 1. The van der Waals surface area contributed by atoms with Crippen molar-refractivity contribution in [3.8, 4) is 5.75 Å². The van der Waals surface area contributed by atoms with Crippen LogP contribution in [0, 0.1) is 5.92 Å². The van der Waals surface area contributed by atoms with Crippen molar-refractivity contribution in [2.75, 3.05) is 13.6 Å². The Morgan fingerprint density at radius 1 is 1.47 bits per heavy atom. The van der Waals surface area contributed by atoms with Gasteiger partial charge in [-0.3, -0.25) is 4.90 Å². The lowest BCUT2D eigenvalue weighted by Gasteiger charge is -2.27. The smallest absolute Gasteiger partial charge is 0.115 e. The van der Waals surface area contributed by atoms with Crippen molar-refractivity contribution in [1.82, 2.24) is 4.90 Å². The van der Waals surface area contributed by atoms with E-state index in [9.17, 15) is 5.11 Å². The fraction of sp³-hybridized carbons (Fsp3) is 0.600. The molecule has 1 aromatic rings. The zero-order valence-corrected chi connectivity index (χ0v) is 11.1. The number of rotatable bonds is 4. The second kappa shape index (κ2) is 5.09. The average Bonchev–Trinajstić information content (AvgIpc) is 2.71. The minimum absolute atomic E-state index is 0.397. The van der Waals surface area contributed by atoms with E-state index in [-0.39, 0.29) is 0 Å². The Morgan fingerprint density at radius 2 is 2.24 bits per heavy atom. The van der Waals surface area contributed by atoms with E-state index in [0.717, 1.165) is 18.9 Å². The maximum absolute atomic E-state index is 9.49. The number of phenolic OH excluding ortho intramolecular Hbond substituents is 1. The Kier molecular flexibility index (Phi) is 3.72. The molecule has 2 nitrogen and oxygen atoms in total. The van der Waals surface area contributed by atoms with Crippen LogP contribution >= 0.6 is 0 Å². The highest BCUT2D eigenvalue weighted by Gasteiger charge is 2.26. The largest absolute Gasteiger partial charge is 0.508 e. The van der Waals surface area contributed by atoms with Crippen LogP contribution in [0.5, 0.6) is 5.75 Å². The van der Waals surface area contributed by atoms with Gasteiger partial charge >= 0.3 is 0 Å². The van der Waals surface area contributed by atoms with Crippen LogP contribution in [0.1, 0.15) is 43.9 Å². The van der Waals surface area contributed by atoms with Crippen LogP contribution in [0.2, 0.25) is 0 Å². The molecule has 0 saturated carbocycles. The predicted molar refractivity (Wildman–Crippen MR) is 71.3 cm³/mol. The third kappa shape index (κ3) is 2.63. The SMILES string of the molecule is CCC(C)CN(C)C1CCc2cc(O)ccc21. The van der Waals surface area contributed by atoms with Gasteiger partial charge in [-0.2, -0.15) is 0 Å². The summed E-state index contributed by atoms with van der Waals surface area (Å²) in [5.74, 6) is 1.15. The summed E-state index contributed by atoms with van der Waals surface area (Å²) in [4.78, 5) is 2.47. The first kappa shape index (κ1) is 12.4. The van der Waals surface area contributed by atoms with Gasteiger partial charge in [0.2, 0.25) is 0 Å². The van der Waals surface area contributed by atoms with Crippen molar-refractivity contribution in [3.63, 3.8) is 0 Å². The number of benzene rings is 1. The third-order valence-corrected chi connectivity index (χ3v) is 4.00. The zero-order chi connectivity index (χ0) is 12.4. The molecule has 0 spiro atoms. The molecule has 1 aliphatic carbocycles. The van der Waals surface area contributed by atoms with E-state index < -0.39 is 0 Å². The van der Waals surface area contributed by atoms with Gasteiger partial charge in [-0.05, 0) is 49.1 Å². The summed E-state index contributed by atoms with van der Waals surface area (Å²) in [7, 11) is 2.22. The highest BCUT2D eigenvalue weighted by atomic mass is 16.3. The molecule has 0 radical (unpaired) electrons. The summed E-state index contributed by atoms with van der Waals surface area (Å²) in [5, 5.41) is 9.49. The van der Waals surface area contributed by atoms with Crippen LogP contribution in [0.3, 0.4) is 0 Å². The number of aromatic hydroxyl groups is 1. The number of aryl methyl sites for hydroxylation is 1. The Hall–Kier alpha value is -1.02. The third-order valence-electron chi connectivity index (χ3n) is 4.00. The number of phenols is 1. The molecule has 0 aliphatic heterocycles. The van der Waals surface area contributed by atoms with E-state index in [4.69, 9.17) is 0 Å². The highest BCUT2D eigenvalue weighted by molar-refractivity contribution is 5.40. The monoisotopic (exact) mass is 233 g/mol. The fourth-order valence-corrected chi connectivity index (χ4v) is 2.79. The van der Waals surface area contributed by atoms with Gasteiger partial charge in [-0.1, -0.05) is 26.3 Å². The highest BCUT2D eigenvalue weighted by Crippen LogP contribution is 2.36. The van der Waals surface area contributed by atoms with E-state index in [1.54, 1.807) is 0 Å². The topological polar surface area (TPSA) is 23.5 Å². The van der Waals surface area contributed by atoms with Crippen molar-refractivity contribution >= 4 is 0 Å². The molecule has 2 rings (SSSR count). The standard InChI is InChI=1S/C15H23NO/c1-4-11(2)10-16(3)15-8-5-12-9-13(17)6-7-14(12)15/h6-7,9,11,15,17H,4-5,8,10H2,1-3H3. The van der Waals surface area contributed by atoms with Gasteiger partial charge < -0.3 is 5.11 Å². The van der Waals surface area contributed by atoms with E-state index in [0.29, 0.717) is 11.8 Å². The molecule has 2 atom stereocenters. The molecule has 1 aliphatic rings. The van der Waals surface area contributed by atoms with Crippen LogP contribution in [0.4, 0.5) is 0 Å². The van der Waals surface area contributed by atoms with E-state index in [1.807, 2.05) is 12.1 Å². The van der Waals surface area contributed by atoms with Gasteiger partial charge in [0.05, 0.1) is 0 Å². The van der Waals surface area contributed by atoms with E-state index in [1.165, 1.54) is 24.0 Å². The lowest BCUT2D eigenvalue weighted by molar-refractivity contribution is 0.210. The number of fused-ring (bicyclic) bond motifs is 1. The average molecular weight is 233 g/mol. The summed E-state index contributed by atoms with van der Waals surface area (Å²) in [6, 6.07) is 6.37. The molecule has 0 fully saturated rings. The molecule has 2 unspecified atom stereocenters. The molecule has 0 heterocycles.